The van der Waals surface area contributed by atoms with E-state index in [9.17, 15) is 0 Å². The third-order valence-electron chi connectivity index (χ3n) is 4.08. The topological polar surface area (TPSA) is 15.3 Å². The van der Waals surface area contributed by atoms with Crippen molar-refractivity contribution in [1.82, 2.24) is 10.2 Å². The second-order valence-electron chi connectivity index (χ2n) is 5.47. The minimum atomic E-state index is 0.734. The van der Waals surface area contributed by atoms with Gasteiger partial charge in [-0.3, -0.25) is 0 Å². The van der Waals surface area contributed by atoms with E-state index in [0.29, 0.717) is 0 Å². The number of unbranched alkanes of at least 4 members (excludes halogenated alkanes) is 1. The van der Waals surface area contributed by atoms with Crippen LogP contribution >= 0.6 is 11.8 Å². The van der Waals surface area contributed by atoms with Crippen LogP contribution in [0, 0.1) is 0 Å². The third kappa shape index (κ3) is 3.92. The van der Waals surface area contributed by atoms with Gasteiger partial charge < -0.3 is 10.2 Å². The number of allylic oxidation sites excluding steroid dienone is 2. The van der Waals surface area contributed by atoms with Gasteiger partial charge in [0.1, 0.15) is 0 Å². The normalized spacial score (nSPS) is 22.8. The Balaban J connectivity index is 1.73. The Bertz CT molecular complexity index is 280. The molecule has 2 aliphatic heterocycles. The molecule has 0 unspecified atom stereocenters. The number of hydrogen-bond acceptors (Lipinski definition) is 3. The van der Waals surface area contributed by atoms with Crippen LogP contribution in [0.3, 0.4) is 0 Å². The van der Waals surface area contributed by atoms with Crippen LogP contribution in [0.15, 0.2) is 10.6 Å². The van der Waals surface area contributed by atoms with E-state index in [4.69, 9.17) is 0 Å². The zero-order valence-electron chi connectivity index (χ0n) is 12.0. The first-order chi connectivity index (χ1) is 8.83. The van der Waals surface area contributed by atoms with Gasteiger partial charge in [0.15, 0.2) is 0 Å². The predicted molar refractivity (Wildman–Crippen MR) is 81.9 cm³/mol. The number of piperidine rings is 1. The monoisotopic (exact) mass is 268 g/mol. The molecule has 104 valence electrons. The standard InChI is InChI=1S/C15H28N2S/c1-3-5-9-17-10-6-13(7-11-17)16-14-8-12-18-15(14)4-2/h13,16H,3-12H2,1-2H3. The lowest BCUT2D eigenvalue weighted by molar-refractivity contribution is 0.200. The van der Waals surface area contributed by atoms with Gasteiger partial charge in [0.05, 0.1) is 0 Å². The summed E-state index contributed by atoms with van der Waals surface area (Å²) in [6.45, 7) is 8.45. The lowest BCUT2D eigenvalue weighted by Crippen LogP contribution is -2.42. The fraction of sp³-hybridized carbons (Fsp3) is 0.867. The van der Waals surface area contributed by atoms with Gasteiger partial charge in [-0.2, -0.15) is 0 Å². The molecule has 2 aliphatic rings. The van der Waals surface area contributed by atoms with Crippen LogP contribution < -0.4 is 5.32 Å². The van der Waals surface area contributed by atoms with Gasteiger partial charge in [-0.25, -0.2) is 0 Å². The van der Waals surface area contributed by atoms with E-state index < -0.39 is 0 Å². The minimum Gasteiger partial charge on any atom is -0.385 e. The van der Waals surface area contributed by atoms with Crippen molar-refractivity contribution in [2.45, 2.75) is 58.4 Å². The Morgan fingerprint density at radius 1 is 1.28 bits per heavy atom. The fourth-order valence-corrected chi connectivity index (χ4v) is 3.99. The van der Waals surface area contributed by atoms with Crippen molar-refractivity contribution in [3.05, 3.63) is 10.6 Å². The Morgan fingerprint density at radius 2 is 2.06 bits per heavy atom. The Kier molecular flexibility index (Phi) is 5.90. The number of likely N-dealkylation sites (tertiary alicyclic amines) is 1. The minimum absolute atomic E-state index is 0.734. The van der Waals surface area contributed by atoms with E-state index in [0.717, 1.165) is 6.04 Å². The van der Waals surface area contributed by atoms with Crippen molar-refractivity contribution in [3.8, 4) is 0 Å². The van der Waals surface area contributed by atoms with Gasteiger partial charge in [0, 0.05) is 35.5 Å². The zero-order valence-corrected chi connectivity index (χ0v) is 12.8. The van der Waals surface area contributed by atoms with E-state index in [1.165, 1.54) is 63.9 Å². The van der Waals surface area contributed by atoms with Crippen molar-refractivity contribution < 1.29 is 0 Å². The molecule has 0 bridgehead atoms. The molecule has 0 aromatic rings. The van der Waals surface area contributed by atoms with Crippen molar-refractivity contribution in [2.24, 2.45) is 0 Å². The fourth-order valence-electron chi connectivity index (χ4n) is 2.90. The van der Waals surface area contributed by atoms with Crippen LogP contribution in [-0.4, -0.2) is 36.3 Å². The van der Waals surface area contributed by atoms with E-state index in [2.05, 4.69) is 35.8 Å². The highest BCUT2D eigenvalue weighted by Gasteiger charge is 2.21. The van der Waals surface area contributed by atoms with Crippen molar-refractivity contribution in [2.75, 3.05) is 25.4 Å². The van der Waals surface area contributed by atoms with E-state index in [-0.39, 0.29) is 0 Å². The van der Waals surface area contributed by atoms with Crippen molar-refractivity contribution >= 4 is 11.8 Å². The molecular formula is C15H28N2S. The summed E-state index contributed by atoms with van der Waals surface area (Å²) < 4.78 is 0. The lowest BCUT2D eigenvalue weighted by atomic mass is 10.0. The molecule has 0 aromatic heterocycles. The molecule has 0 aromatic carbocycles. The van der Waals surface area contributed by atoms with Crippen LogP contribution in [0.2, 0.25) is 0 Å². The Hall–Kier alpha value is -0.150. The van der Waals surface area contributed by atoms with Gasteiger partial charge in [-0.15, -0.1) is 11.8 Å². The average Bonchev–Trinajstić information content (AvgIpc) is 2.85. The van der Waals surface area contributed by atoms with E-state index in [1.807, 2.05) is 0 Å². The number of hydrogen-bond donors (Lipinski definition) is 1. The van der Waals surface area contributed by atoms with Crippen LogP contribution in [0.25, 0.3) is 0 Å². The van der Waals surface area contributed by atoms with Crippen LogP contribution in [0.1, 0.15) is 52.4 Å². The first kappa shape index (κ1) is 14.3. The molecule has 18 heavy (non-hydrogen) atoms. The predicted octanol–water partition coefficient (Wildman–Crippen LogP) is 3.60. The Labute approximate surface area is 117 Å². The second kappa shape index (κ2) is 7.44. The lowest BCUT2D eigenvalue weighted by Gasteiger charge is -2.33. The molecule has 2 rings (SSSR count). The summed E-state index contributed by atoms with van der Waals surface area (Å²) in [4.78, 5) is 4.25. The highest BCUT2D eigenvalue weighted by atomic mass is 32.2. The zero-order chi connectivity index (χ0) is 12.8. The molecule has 2 heterocycles. The second-order valence-corrected chi connectivity index (χ2v) is 6.66. The molecule has 3 heteroatoms. The molecule has 0 radical (unpaired) electrons. The molecular weight excluding hydrogens is 240 g/mol. The summed E-state index contributed by atoms with van der Waals surface area (Å²) in [5.74, 6) is 1.29. The van der Waals surface area contributed by atoms with Crippen molar-refractivity contribution in [3.63, 3.8) is 0 Å². The SMILES string of the molecule is CCCCN1CCC(NC2=C(CC)SCC2)CC1. The van der Waals surface area contributed by atoms with Gasteiger partial charge in [-0.1, -0.05) is 20.3 Å². The van der Waals surface area contributed by atoms with Crippen LogP contribution in [0.4, 0.5) is 0 Å². The molecule has 1 saturated heterocycles. The summed E-state index contributed by atoms with van der Waals surface area (Å²) in [5.41, 5.74) is 1.56. The number of nitrogens with zero attached hydrogens (tertiary/aromatic N) is 1. The van der Waals surface area contributed by atoms with Crippen LogP contribution in [0.5, 0.6) is 0 Å². The number of nitrogens with one attached hydrogen (secondary N) is 1. The summed E-state index contributed by atoms with van der Waals surface area (Å²) in [6.07, 6.45) is 7.82. The van der Waals surface area contributed by atoms with Gasteiger partial charge >= 0.3 is 0 Å². The van der Waals surface area contributed by atoms with Crippen molar-refractivity contribution in [1.29, 1.82) is 0 Å². The molecule has 1 N–H and O–H groups in total. The highest BCUT2D eigenvalue weighted by Crippen LogP contribution is 2.32. The Morgan fingerprint density at radius 3 is 2.72 bits per heavy atom. The maximum Gasteiger partial charge on any atom is 0.0282 e. The third-order valence-corrected chi connectivity index (χ3v) is 5.37. The number of thioether (sulfide) groups is 1. The smallest absolute Gasteiger partial charge is 0.0282 e. The molecule has 0 aliphatic carbocycles. The highest BCUT2D eigenvalue weighted by molar-refractivity contribution is 8.03. The van der Waals surface area contributed by atoms with E-state index >= 15 is 0 Å². The maximum atomic E-state index is 3.83. The molecule has 0 saturated carbocycles. The first-order valence-electron chi connectivity index (χ1n) is 7.67. The molecule has 0 amide bonds. The number of rotatable bonds is 6. The van der Waals surface area contributed by atoms with Crippen LogP contribution in [-0.2, 0) is 0 Å². The van der Waals surface area contributed by atoms with Gasteiger partial charge in [0.25, 0.3) is 0 Å². The summed E-state index contributed by atoms with van der Waals surface area (Å²) >= 11 is 2.06. The quantitative estimate of drug-likeness (QED) is 0.792. The maximum absolute atomic E-state index is 3.83. The molecule has 1 fully saturated rings. The molecule has 0 atom stereocenters. The van der Waals surface area contributed by atoms with Gasteiger partial charge in [0.2, 0.25) is 0 Å². The summed E-state index contributed by atoms with van der Waals surface area (Å²) in [6, 6.07) is 0.734. The van der Waals surface area contributed by atoms with Gasteiger partial charge in [-0.05, 0) is 38.6 Å². The summed E-state index contributed by atoms with van der Waals surface area (Å²) in [5, 5.41) is 3.83. The summed E-state index contributed by atoms with van der Waals surface area (Å²) in [7, 11) is 0. The molecule has 0 spiro atoms. The van der Waals surface area contributed by atoms with E-state index in [1.54, 1.807) is 10.6 Å². The first-order valence-corrected chi connectivity index (χ1v) is 8.65. The molecule has 2 nitrogen and oxygen atoms in total. The largest absolute Gasteiger partial charge is 0.385 e. The average molecular weight is 268 g/mol.